The van der Waals surface area contributed by atoms with E-state index >= 15 is 0 Å². The first-order chi connectivity index (χ1) is 12.9. The molecule has 1 saturated heterocycles. The van der Waals surface area contributed by atoms with E-state index in [-0.39, 0.29) is 31.4 Å². The summed E-state index contributed by atoms with van der Waals surface area (Å²) >= 11 is 5.25. The summed E-state index contributed by atoms with van der Waals surface area (Å²) in [5, 5.41) is 0. The molecule has 1 N–H and O–H groups in total. The number of carbonyl (C=O) groups excluding carboxylic acids is 1. The highest BCUT2D eigenvalue weighted by Gasteiger charge is 2.34. The molecule has 2 aromatic rings. The maximum absolute atomic E-state index is 14.2. The van der Waals surface area contributed by atoms with Gasteiger partial charge in [0.2, 0.25) is 5.91 Å². The summed E-state index contributed by atoms with van der Waals surface area (Å²) in [6, 6.07) is 0.204. The lowest BCUT2D eigenvalue weighted by Crippen LogP contribution is -2.29. The monoisotopic (exact) mass is 399 g/mol. The zero-order valence-electron chi connectivity index (χ0n) is 14.3. The van der Waals surface area contributed by atoms with Gasteiger partial charge in [-0.15, -0.1) is 0 Å². The molecule has 3 heterocycles. The van der Waals surface area contributed by atoms with Gasteiger partial charge in [-0.2, -0.15) is 0 Å². The number of amides is 1. The molecule has 9 heteroatoms. The third kappa shape index (κ3) is 3.07. The molecule has 4 nitrogen and oxygen atoms in total. The Morgan fingerprint density at radius 1 is 1.15 bits per heavy atom. The molecule has 0 spiro atoms. The van der Waals surface area contributed by atoms with Crippen molar-refractivity contribution in [3.63, 3.8) is 0 Å². The zero-order valence-corrected chi connectivity index (χ0v) is 15.1. The molecule has 144 valence electrons. The zero-order chi connectivity index (χ0) is 19.3. The van der Waals surface area contributed by atoms with E-state index in [4.69, 9.17) is 12.2 Å². The van der Waals surface area contributed by atoms with Crippen LogP contribution in [0.4, 0.5) is 17.6 Å². The number of H-pyrrole nitrogens is 1. The van der Waals surface area contributed by atoms with E-state index in [0.29, 0.717) is 16.2 Å². The summed E-state index contributed by atoms with van der Waals surface area (Å²) in [7, 11) is 0. The van der Waals surface area contributed by atoms with Crippen LogP contribution in [0.2, 0.25) is 0 Å². The van der Waals surface area contributed by atoms with Gasteiger partial charge in [-0.1, -0.05) is 0 Å². The fourth-order valence-corrected chi connectivity index (χ4v) is 4.33. The maximum atomic E-state index is 14.2. The second kappa shape index (κ2) is 6.78. The van der Waals surface area contributed by atoms with E-state index in [1.54, 1.807) is 9.47 Å². The van der Waals surface area contributed by atoms with E-state index in [0.717, 1.165) is 25.9 Å². The van der Waals surface area contributed by atoms with Crippen LogP contribution in [0.25, 0.3) is 0 Å². The highest BCUT2D eigenvalue weighted by Crippen LogP contribution is 2.36. The Kier molecular flexibility index (Phi) is 4.57. The molecule has 0 saturated carbocycles. The molecule has 0 radical (unpaired) electrons. The Balaban J connectivity index is 1.63. The van der Waals surface area contributed by atoms with E-state index in [1.165, 1.54) is 0 Å². The van der Waals surface area contributed by atoms with Crippen molar-refractivity contribution in [1.82, 2.24) is 14.5 Å². The fourth-order valence-electron chi connectivity index (χ4n) is 4.02. The minimum absolute atomic E-state index is 0.0373. The molecular weight excluding hydrogens is 382 g/mol. The summed E-state index contributed by atoms with van der Waals surface area (Å²) < 4.78 is 57.4. The average Bonchev–Trinajstić information content (AvgIpc) is 3.33. The largest absolute Gasteiger partial charge is 0.342 e. The first-order valence-electron chi connectivity index (χ1n) is 8.78. The van der Waals surface area contributed by atoms with Crippen molar-refractivity contribution in [3.8, 4) is 0 Å². The average molecular weight is 399 g/mol. The Bertz CT molecular complexity index is 952. The second-order valence-electron chi connectivity index (χ2n) is 7.01. The van der Waals surface area contributed by atoms with Crippen LogP contribution in [0.3, 0.4) is 0 Å². The van der Waals surface area contributed by atoms with Crippen molar-refractivity contribution in [1.29, 1.82) is 0 Å². The van der Waals surface area contributed by atoms with Gasteiger partial charge in [-0.25, -0.2) is 17.6 Å². The van der Waals surface area contributed by atoms with Gasteiger partial charge in [0.05, 0.1) is 6.42 Å². The highest BCUT2D eigenvalue weighted by atomic mass is 32.1. The van der Waals surface area contributed by atoms with Crippen molar-refractivity contribution in [2.45, 2.75) is 38.1 Å². The van der Waals surface area contributed by atoms with Crippen molar-refractivity contribution < 1.29 is 22.4 Å². The lowest BCUT2D eigenvalue weighted by atomic mass is 9.94. The Hall–Kier alpha value is -2.16. The number of hydrogen-bond donors (Lipinski definition) is 1. The number of benzene rings is 1. The van der Waals surface area contributed by atoms with E-state index < -0.39 is 34.8 Å². The topological polar surface area (TPSA) is 41.0 Å². The molecule has 0 aliphatic carbocycles. The first-order valence-corrected chi connectivity index (χ1v) is 9.19. The van der Waals surface area contributed by atoms with E-state index in [2.05, 4.69) is 4.98 Å². The van der Waals surface area contributed by atoms with Crippen LogP contribution >= 0.6 is 12.2 Å². The van der Waals surface area contributed by atoms with Crippen LogP contribution < -0.4 is 0 Å². The van der Waals surface area contributed by atoms with Crippen molar-refractivity contribution >= 4 is 18.1 Å². The summed E-state index contributed by atoms with van der Waals surface area (Å²) in [5.74, 6) is -6.43. The fraction of sp³-hybridized carbons (Fsp3) is 0.444. The predicted molar refractivity (Wildman–Crippen MR) is 91.9 cm³/mol. The number of nitrogens with one attached hydrogen (secondary N) is 1. The minimum Gasteiger partial charge on any atom is -0.342 e. The molecular formula is C18H17F4N3OS. The Labute approximate surface area is 157 Å². The third-order valence-electron chi connectivity index (χ3n) is 5.36. The molecule has 2 aliphatic rings. The summed E-state index contributed by atoms with van der Waals surface area (Å²) in [6.45, 7) is 1.54. The number of aromatic nitrogens is 2. The van der Waals surface area contributed by atoms with Crippen molar-refractivity contribution in [3.05, 3.63) is 51.1 Å². The quantitative estimate of drug-likeness (QED) is 0.487. The first kappa shape index (κ1) is 18.2. The molecule has 1 aromatic carbocycles. The molecule has 0 bridgehead atoms. The van der Waals surface area contributed by atoms with Gasteiger partial charge in [-0.3, -0.25) is 4.79 Å². The second-order valence-corrected chi connectivity index (χ2v) is 7.40. The molecule has 1 fully saturated rings. The number of fused-ring (bicyclic) bond motifs is 1. The molecule has 1 atom stereocenters. The summed E-state index contributed by atoms with van der Waals surface area (Å²) in [6.07, 6.45) is 2.20. The van der Waals surface area contributed by atoms with Crippen LogP contribution in [-0.2, 0) is 24.2 Å². The number of imidazole rings is 1. The van der Waals surface area contributed by atoms with Crippen LogP contribution in [0.5, 0.6) is 0 Å². The van der Waals surface area contributed by atoms with Crippen molar-refractivity contribution in [2.24, 2.45) is 0 Å². The number of nitrogens with zero attached hydrogens (tertiary/aromatic N) is 2. The molecule has 4 rings (SSSR count). The highest BCUT2D eigenvalue weighted by molar-refractivity contribution is 7.71. The Morgan fingerprint density at radius 3 is 2.41 bits per heavy atom. The lowest BCUT2D eigenvalue weighted by Gasteiger charge is -2.15. The van der Waals surface area contributed by atoms with Crippen LogP contribution in [-0.4, -0.2) is 33.4 Å². The lowest BCUT2D eigenvalue weighted by molar-refractivity contribution is -0.129. The molecule has 2 aliphatic heterocycles. The van der Waals surface area contributed by atoms with Crippen molar-refractivity contribution in [2.75, 3.05) is 13.1 Å². The van der Waals surface area contributed by atoms with E-state index in [1.807, 2.05) is 0 Å². The van der Waals surface area contributed by atoms with Gasteiger partial charge in [0.25, 0.3) is 0 Å². The van der Waals surface area contributed by atoms with Gasteiger partial charge < -0.3 is 14.5 Å². The SMILES string of the molecule is O=C(Cc1[nH]c(=S)n2c1C[C@H](c1c(F)c(F)cc(F)c1F)C2)N1CCCC1. The summed E-state index contributed by atoms with van der Waals surface area (Å²) in [4.78, 5) is 17.2. The molecule has 0 unspecified atom stereocenters. The summed E-state index contributed by atoms with van der Waals surface area (Å²) in [5.41, 5.74) is 0.639. The predicted octanol–water partition coefficient (Wildman–Crippen LogP) is 3.61. The molecule has 1 amide bonds. The van der Waals surface area contributed by atoms with Gasteiger partial charge in [0, 0.05) is 48.6 Å². The Morgan fingerprint density at radius 2 is 1.78 bits per heavy atom. The van der Waals surface area contributed by atoms with Crippen LogP contribution in [0.1, 0.15) is 35.7 Å². The maximum Gasteiger partial charge on any atom is 0.228 e. The van der Waals surface area contributed by atoms with Crippen LogP contribution in [0.15, 0.2) is 6.07 Å². The number of aromatic amines is 1. The number of halogens is 4. The van der Waals surface area contributed by atoms with Gasteiger partial charge in [-0.05, 0) is 31.5 Å². The third-order valence-corrected chi connectivity index (χ3v) is 5.68. The smallest absolute Gasteiger partial charge is 0.228 e. The van der Waals surface area contributed by atoms with E-state index in [9.17, 15) is 22.4 Å². The number of likely N-dealkylation sites (tertiary alicyclic amines) is 1. The number of carbonyl (C=O) groups is 1. The molecule has 27 heavy (non-hydrogen) atoms. The number of rotatable bonds is 3. The standard InChI is InChI=1S/C18H17F4N3OS/c19-10-6-11(20)17(22)15(16(10)21)9-5-13-12(23-18(27)25(13)8-9)7-14(26)24-3-1-2-4-24/h6,9H,1-5,7-8H2,(H,23,27)/t9-/m0/s1. The van der Waals surface area contributed by atoms with Gasteiger partial charge in [0.1, 0.15) is 0 Å². The minimum atomic E-state index is -1.42. The normalized spacial score (nSPS) is 19.0. The van der Waals surface area contributed by atoms with Crippen LogP contribution in [0, 0.1) is 28.0 Å². The number of hydrogen-bond acceptors (Lipinski definition) is 2. The molecule has 1 aromatic heterocycles. The van der Waals surface area contributed by atoms with Gasteiger partial charge in [0.15, 0.2) is 28.0 Å². The van der Waals surface area contributed by atoms with Gasteiger partial charge >= 0.3 is 0 Å².